The number of nitrogens with one attached hydrogen (secondary N) is 1. The number of amides is 1. The Balaban J connectivity index is 1.31. The summed E-state index contributed by atoms with van der Waals surface area (Å²) in [4.78, 5) is 16.7. The van der Waals surface area contributed by atoms with E-state index in [1.54, 1.807) is 24.3 Å². The van der Waals surface area contributed by atoms with Crippen LogP contribution in [0.3, 0.4) is 0 Å². The third-order valence-corrected chi connectivity index (χ3v) is 7.62. The van der Waals surface area contributed by atoms with Gasteiger partial charge in [-0.2, -0.15) is 4.98 Å². The van der Waals surface area contributed by atoms with Crippen LogP contribution >= 0.6 is 0 Å². The molecule has 3 aromatic rings. The van der Waals surface area contributed by atoms with Gasteiger partial charge in [0.2, 0.25) is 17.6 Å². The van der Waals surface area contributed by atoms with Crippen LogP contribution in [0.25, 0.3) is 11.4 Å². The van der Waals surface area contributed by atoms with Gasteiger partial charge in [-0.1, -0.05) is 18.0 Å². The van der Waals surface area contributed by atoms with Gasteiger partial charge >= 0.3 is 0 Å². The van der Waals surface area contributed by atoms with Crippen molar-refractivity contribution in [2.24, 2.45) is 0 Å². The van der Waals surface area contributed by atoms with E-state index in [0.717, 1.165) is 12.8 Å². The van der Waals surface area contributed by atoms with Crippen LogP contribution in [0.4, 0.5) is 10.1 Å². The first-order valence-electron chi connectivity index (χ1n) is 10.1. The standard InChI is InChI=1S/C22H22FN3O4S/c23-16-7-5-15(6-8-16)22-25-21(30-26-22)14-13-20(27)24-17-9-11-19(12-10-17)31(28,29)18-3-1-2-4-18/h5-12,18H,1-4,13-14H2,(H,24,27). The van der Waals surface area contributed by atoms with Crippen molar-refractivity contribution < 1.29 is 22.1 Å². The minimum atomic E-state index is -3.31. The number of halogens is 1. The second-order valence-electron chi connectivity index (χ2n) is 7.54. The van der Waals surface area contributed by atoms with Crippen molar-refractivity contribution in [3.8, 4) is 11.4 Å². The summed E-state index contributed by atoms with van der Waals surface area (Å²) >= 11 is 0. The summed E-state index contributed by atoms with van der Waals surface area (Å²) in [5.41, 5.74) is 1.14. The van der Waals surface area contributed by atoms with Crippen molar-refractivity contribution in [2.45, 2.75) is 48.7 Å². The van der Waals surface area contributed by atoms with E-state index in [9.17, 15) is 17.6 Å². The third-order valence-electron chi connectivity index (χ3n) is 5.34. The highest BCUT2D eigenvalue weighted by Gasteiger charge is 2.30. The zero-order valence-electron chi connectivity index (χ0n) is 16.8. The highest BCUT2D eigenvalue weighted by Crippen LogP contribution is 2.30. The normalized spacial score (nSPS) is 14.6. The number of aromatic nitrogens is 2. The molecule has 1 amide bonds. The summed E-state index contributed by atoms with van der Waals surface area (Å²) in [6.45, 7) is 0. The van der Waals surface area contributed by atoms with Gasteiger partial charge in [-0.05, 0) is 61.4 Å². The van der Waals surface area contributed by atoms with Gasteiger partial charge in [-0.3, -0.25) is 4.79 Å². The van der Waals surface area contributed by atoms with E-state index in [-0.39, 0.29) is 34.7 Å². The Kier molecular flexibility index (Phi) is 6.13. The Hall–Kier alpha value is -3.07. The molecule has 7 nitrogen and oxygen atoms in total. The van der Waals surface area contributed by atoms with Gasteiger partial charge in [0.1, 0.15) is 5.82 Å². The summed E-state index contributed by atoms with van der Waals surface area (Å²) in [5.74, 6) is 0.0168. The Bertz CT molecular complexity index is 1150. The van der Waals surface area contributed by atoms with Gasteiger partial charge in [0.15, 0.2) is 9.84 Å². The average Bonchev–Trinajstić information content (AvgIpc) is 3.46. The van der Waals surface area contributed by atoms with E-state index < -0.39 is 9.84 Å². The molecule has 1 aromatic heterocycles. The SMILES string of the molecule is O=C(CCc1nc(-c2ccc(F)cc2)no1)Nc1ccc(S(=O)(=O)C2CCCC2)cc1. The number of benzene rings is 2. The van der Waals surface area contributed by atoms with E-state index in [1.165, 1.54) is 24.3 Å². The number of nitrogens with zero attached hydrogens (tertiary/aromatic N) is 2. The monoisotopic (exact) mass is 443 g/mol. The molecular weight excluding hydrogens is 421 g/mol. The number of anilines is 1. The van der Waals surface area contributed by atoms with Crippen LogP contribution in [0.15, 0.2) is 57.9 Å². The number of carbonyl (C=O) groups excluding carboxylic acids is 1. The molecule has 0 radical (unpaired) electrons. The van der Waals surface area contributed by atoms with Gasteiger partial charge in [-0.25, -0.2) is 12.8 Å². The smallest absolute Gasteiger partial charge is 0.227 e. The Morgan fingerprint density at radius 2 is 1.74 bits per heavy atom. The van der Waals surface area contributed by atoms with E-state index in [2.05, 4.69) is 15.5 Å². The van der Waals surface area contributed by atoms with Crippen LogP contribution in [0.1, 0.15) is 38.0 Å². The third kappa shape index (κ3) is 4.99. The fourth-order valence-electron chi connectivity index (χ4n) is 3.64. The van der Waals surface area contributed by atoms with Gasteiger partial charge in [0.25, 0.3) is 0 Å². The average molecular weight is 444 g/mol. The second-order valence-corrected chi connectivity index (χ2v) is 9.77. The van der Waals surface area contributed by atoms with Crippen LogP contribution in [0.5, 0.6) is 0 Å². The lowest BCUT2D eigenvalue weighted by atomic mass is 10.2. The van der Waals surface area contributed by atoms with Crippen LogP contribution in [-0.2, 0) is 21.1 Å². The Morgan fingerprint density at radius 3 is 2.42 bits per heavy atom. The molecule has 4 rings (SSSR count). The number of sulfone groups is 1. The molecular formula is C22H22FN3O4S. The molecule has 0 aliphatic heterocycles. The van der Waals surface area contributed by atoms with E-state index in [0.29, 0.717) is 35.8 Å². The number of carbonyl (C=O) groups is 1. The maximum absolute atomic E-state index is 13.0. The fourth-order valence-corrected chi connectivity index (χ4v) is 5.49. The van der Waals surface area contributed by atoms with Crippen LogP contribution < -0.4 is 5.32 Å². The molecule has 31 heavy (non-hydrogen) atoms. The molecule has 1 aliphatic rings. The van der Waals surface area contributed by atoms with Crippen LogP contribution in [-0.4, -0.2) is 29.7 Å². The van der Waals surface area contributed by atoms with Gasteiger partial charge in [-0.15, -0.1) is 0 Å². The van der Waals surface area contributed by atoms with Crippen molar-refractivity contribution in [2.75, 3.05) is 5.32 Å². The molecule has 0 bridgehead atoms. The zero-order valence-corrected chi connectivity index (χ0v) is 17.6. The second kappa shape index (κ2) is 8.97. The molecule has 162 valence electrons. The summed E-state index contributed by atoms with van der Waals surface area (Å²) in [5, 5.41) is 6.28. The highest BCUT2D eigenvalue weighted by molar-refractivity contribution is 7.92. The molecule has 0 atom stereocenters. The van der Waals surface area contributed by atoms with Gasteiger partial charge in [0.05, 0.1) is 10.1 Å². The maximum atomic E-state index is 13.0. The van der Waals surface area contributed by atoms with Crippen molar-refractivity contribution in [3.05, 3.63) is 60.2 Å². The molecule has 0 unspecified atom stereocenters. The number of aryl methyl sites for hydroxylation is 1. The number of hydrogen-bond donors (Lipinski definition) is 1. The number of hydrogen-bond acceptors (Lipinski definition) is 6. The molecule has 1 heterocycles. The highest BCUT2D eigenvalue weighted by atomic mass is 32.2. The minimum absolute atomic E-state index is 0.118. The first kappa shape index (κ1) is 21.2. The van der Waals surface area contributed by atoms with Crippen molar-refractivity contribution >= 4 is 21.4 Å². The quantitative estimate of drug-likeness (QED) is 0.588. The molecule has 2 aromatic carbocycles. The lowest BCUT2D eigenvalue weighted by Crippen LogP contribution is -2.18. The molecule has 9 heteroatoms. The van der Waals surface area contributed by atoms with E-state index >= 15 is 0 Å². The molecule has 0 saturated heterocycles. The first-order chi connectivity index (χ1) is 14.9. The summed E-state index contributed by atoms with van der Waals surface area (Å²) in [6, 6.07) is 12.0. The van der Waals surface area contributed by atoms with E-state index in [4.69, 9.17) is 4.52 Å². The lowest BCUT2D eigenvalue weighted by molar-refractivity contribution is -0.116. The summed E-state index contributed by atoms with van der Waals surface area (Å²) in [7, 11) is -3.31. The summed E-state index contributed by atoms with van der Waals surface area (Å²) < 4.78 is 43.4. The van der Waals surface area contributed by atoms with Crippen LogP contribution in [0.2, 0.25) is 0 Å². The lowest BCUT2D eigenvalue weighted by Gasteiger charge is -2.12. The van der Waals surface area contributed by atoms with Gasteiger partial charge < -0.3 is 9.84 Å². The minimum Gasteiger partial charge on any atom is -0.339 e. The fraction of sp³-hybridized carbons (Fsp3) is 0.318. The van der Waals surface area contributed by atoms with E-state index in [1.807, 2.05) is 0 Å². The molecule has 1 saturated carbocycles. The predicted octanol–water partition coefficient (Wildman–Crippen LogP) is 4.16. The van der Waals surface area contributed by atoms with Crippen LogP contribution in [0, 0.1) is 5.82 Å². The van der Waals surface area contributed by atoms with Crippen molar-refractivity contribution in [1.82, 2.24) is 10.1 Å². The maximum Gasteiger partial charge on any atom is 0.227 e. The van der Waals surface area contributed by atoms with Crippen molar-refractivity contribution in [3.63, 3.8) is 0 Å². The van der Waals surface area contributed by atoms with Gasteiger partial charge in [0, 0.05) is 24.1 Å². The van der Waals surface area contributed by atoms with Crippen molar-refractivity contribution in [1.29, 1.82) is 0 Å². The zero-order chi connectivity index (χ0) is 21.8. The molecule has 1 fully saturated rings. The topological polar surface area (TPSA) is 102 Å². The molecule has 1 aliphatic carbocycles. The Morgan fingerprint density at radius 1 is 1.06 bits per heavy atom. The predicted molar refractivity (Wildman–Crippen MR) is 113 cm³/mol. The molecule has 0 spiro atoms. The number of rotatable bonds is 7. The Labute approximate surface area is 179 Å². The summed E-state index contributed by atoms with van der Waals surface area (Å²) in [6.07, 6.45) is 3.67. The molecule has 1 N–H and O–H groups in total. The largest absolute Gasteiger partial charge is 0.339 e. The first-order valence-corrected chi connectivity index (χ1v) is 11.7.